The van der Waals surface area contributed by atoms with Crippen molar-refractivity contribution in [3.63, 3.8) is 0 Å². The average Bonchev–Trinajstić information content (AvgIpc) is 3.31. The van der Waals surface area contributed by atoms with Gasteiger partial charge in [0, 0.05) is 18.7 Å². The van der Waals surface area contributed by atoms with Gasteiger partial charge in [0.1, 0.15) is 0 Å². The van der Waals surface area contributed by atoms with E-state index in [-0.39, 0.29) is 24.8 Å². The highest BCUT2D eigenvalue weighted by Crippen LogP contribution is 2.13. The highest BCUT2D eigenvalue weighted by molar-refractivity contribution is 5.89. The smallest absolute Gasteiger partial charge is 0.350 e. The number of hydrogen-bond acceptors (Lipinski definition) is 7. The van der Waals surface area contributed by atoms with Gasteiger partial charge >= 0.3 is 17.6 Å². The van der Waals surface area contributed by atoms with E-state index in [0.29, 0.717) is 29.5 Å². The van der Waals surface area contributed by atoms with E-state index in [0.717, 1.165) is 0 Å². The van der Waals surface area contributed by atoms with Crippen molar-refractivity contribution >= 4 is 23.0 Å². The Bertz CT molecular complexity index is 1230. The molecule has 4 aromatic rings. The van der Waals surface area contributed by atoms with E-state index in [1.54, 1.807) is 60.8 Å². The summed E-state index contributed by atoms with van der Waals surface area (Å²) in [4.78, 5) is 40.9. The lowest BCUT2D eigenvalue weighted by Crippen LogP contribution is -2.26. The lowest BCUT2D eigenvalue weighted by molar-refractivity contribution is 0.0240. The van der Waals surface area contributed by atoms with E-state index >= 15 is 0 Å². The third-order valence-electron chi connectivity index (χ3n) is 5.11. The second-order valence-corrected chi connectivity index (χ2v) is 7.48. The van der Waals surface area contributed by atoms with Crippen molar-refractivity contribution in [1.82, 2.24) is 9.55 Å². The number of hydrogen-bond donors (Lipinski definition) is 0. The van der Waals surface area contributed by atoms with Crippen LogP contribution in [0.3, 0.4) is 0 Å². The first kappa shape index (κ1) is 22.0. The van der Waals surface area contributed by atoms with Crippen molar-refractivity contribution < 1.29 is 23.5 Å². The van der Waals surface area contributed by atoms with Gasteiger partial charge in [-0.15, -0.1) is 0 Å². The van der Waals surface area contributed by atoms with Crippen molar-refractivity contribution in [2.75, 3.05) is 13.2 Å². The largest absolute Gasteiger partial charge is 0.462 e. The first-order chi connectivity index (χ1) is 16.1. The van der Waals surface area contributed by atoms with Crippen LogP contribution in [-0.2, 0) is 16.0 Å². The lowest BCUT2D eigenvalue weighted by atomic mass is 10.1. The Balaban J connectivity index is 1.42. The molecule has 8 heteroatoms. The fraction of sp³-hybridized carbons (Fsp3) is 0.200. The minimum atomic E-state index is -0.464. The third-order valence-corrected chi connectivity index (χ3v) is 5.11. The van der Waals surface area contributed by atoms with E-state index in [1.165, 1.54) is 10.8 Å². The molecule has 8 nitrogen and oxygen atoms in total. The number of fused-ring (bicyclic) bond motifs is 1. The summed E-state index contributed by atoms with van der Waals surface area (Å²) in [5, 5.41) is 0.706. The van der Waals surface area contributed by atoms with Gasteiger partial charge in [0.2, 0.25) is 5.71 Å². The first-order valence-electron chi connectivity index (χ1n) is 10.5. The molecule has 0 N–H and O–H groups in total. The number of furan rings is 1. The molecule has 2 aromatic heterocycles. The van der Waals surface area contributed by atoms with Crippen LogP contribution in [-0.4, -0.2) is 34.7 Å². The van der Waals surface area contributed by atoms with Gasteiger partial charge in [-0.3, -0.25) is 4.57 Å². The molecule has 168 valence electrons. The summed E-state index contributed by atoms with van der Waals surface area (Å²) < 4.78 is 17.5. The molecule has 0 bridgehead atoms. The third kappa shape index (κ3) is 5.74. The topological polar surface area (TPSA) is 101 Å². The quantitative estimate of drug-likeness (QED) is 0.361. The lowest BCUT2D eigenvalue weighted by Gasteiger charge is -2.18. The van der Waals surface area contributed by atoms with Gasteiger partial charge in [-0.25, -0.2) is 14.4 Å². The number of aromatic nitrogens is 2. The Labute approximate surface area is 189 Å². The maximum absolute atomic E-state index is 12.3. The van der Waals surface area contributed by atoms with Crippen LogP contribution in [0.2, 0.25) is 0 Å². The molecule has 0 unspecified atom stereocenters. The summed E-state index contributed by atoms with van der Waals surface area (Å²) in [6, 6.07) is 19.0. The van der Waals surface area contributed by atoms with Crippen LogP contribution in [0.15, 0.2) is 88.4 Å². The molecule has 2 aromatic carbocycles. The van der Waals surface area contributed by atoms with Crippen LogP contribution in [0.5, 0.6) is 0 Å². The molecule has 0 saturated heterocycles. The normalized spacial score (nSPS) is 10.9. The predicted octanol–water partition coefficient (Wildman–Crippen LogP) is 3.71. The number of ether oxygens (including phenoxy) is 2. The first-order valence-corrected chi connectivity index (χ1v) is 10.5. The average molecular weight is 446 g/mol. The number of carbonyl (C=O) groups is 2. The van der Waals surface area contributed by atoms with Gasteiger partial charge < -0.3 is 13.9 Å². The second kappa shape index (κ2) is 10.4. The predicted molar refractivity (Wildman–Crippen MR) is 120 cm³/mol. The second-order valence-electron chi connectivity index (χ2n) is 7.48. The van der Waals surface area contributed by atoms with E-state index in [1.807, 2.05) is 12.1 Å². The number of nitrogens with zero attached hydrogens (tertiary/aromatic N) is 2. The molecule has 0 aliphatic rings. The van der Waals surface area contributed by atoms with Gasteiger partial charge in [-0.1, -0.05) is 36.4 Å². The van der Waals surface area contributed by atoms with Gasteiger partial charge in [-0.2, -0.15) is 4.98 Å². The Morgan fingerprint density at radius 1 is 0.879 bits per heavy atom. The SMILES string of the molecule is O=C(OCC(CCn1cc2ccoc2nc1=O)COC(=O)c1ccccc1)c1ccccc1. The summed E-state index contributed by atoms with van der Waals surface area (Å²) in [6.07, 6.45) is 3.56. The van der Waals surface area contributed by atoms with E-state index in [4.69, 9.17) is 13.9 Å². The molecule has 0 aliphatic carbocycles. The molecular weight excluding hydrogens is 424 g/mol. The van der Waals surface area contributed by atoms with Crippen LogP contribution in [0.4, 0.5) is 0 Å². The molecular formula is C25H22N2O6. The van der Waals surface area contributed by atoms with Crippen molar-refractivity contribution in [3.8, 4) is 0 Å². The minimum Gasteiger partial charge on any atom is -0.462 e. The van der Waals surface area contributed by atoms with Gasteiger partial charge in [0.15, 0.2) is 0 Å². The van der Waals surface area contributed by atoms with Gasteiger partial charge in [0.25, 0.3) is 0 Å². The van der Waals surface area contributed by atoms with Crippen LogP contribution in [0.1, 0.15) is 27.1 Å². The Morgan fingerprint density at radius 3 is 2.03 bits per heavy atom. The van der Waals surface area contributed by atoms with Crippen LogP contribution in [0.25, 0.3) is 11.1 Å². The number of carbonyl (C=O) groups excluding carboxylic acids is 2. The van der Waals surface area contributed by atoms with Gasteiger partial charge in [-0.05, 0) is 36.8 Å². The maximum atomic E-state index is 12.3. The Hall–Kier alpha value is -4.20. The standard InChI is InChI=1S/C25H22N2O6/c28-23(19-7-3-1-4-8-19)32-16-18(17-33-24(29)20-9-5-2-6-10-20)11-13-27-15-21-12-14-31-22(21)26-25(27)30/h1-10,12,14-15,18H,11,13,16-17H2. The highest BCUT2D eigenvalue weighted by Gasteiger charge is 2.17. The Kier molecular flexibility index (Phi) is 6.94. The molecule has 0 amide bonds. The number of aryl methyl sites for hydroxylation is 1. The van der Waals surface area contributed by atoms with Crippen LogP contribution >= 0.6 is 0 Å². The number of rotatable bonds is 9. The fourth-order valence-electron chi connectivity index (χ4n) is 3.27. The zero-order chi connectivity index (χ0) is 23.0. The number of benzene rings is 2. The molecule has 0 atom stereocenters. The van der Waals surface area contributed by atoms with Crippen molar-refractivity contribution in [1.29, 1.82) is 0 Å². The van der Waals surface area contributed by atoms with E-state index < -0.39 is 17.6 Å². The molecule has 4 rings (SSSR count). The fourth-order valence-corrected chi connectivity index (χ4v) is 3.27. The zero-order valence-corrected chi connectivity index (χ0v) is 17.8. The summed E-state index contributed by atoms with van der Waals surface area (Å²) in [5.41, 5.74) is 0.701. The molecule has 0 spiro atoms. The molecule has 0 fully saturated rings. The molecule has 0 saturated carbocycles. The Morgan fingerprint density at radius 2 is 1.45 bits per heavy atom. The summed E-state index contributed by atoms with van der Waals surface area (Å²) in [5.74, 6) is -1.25. The minimum absolute atomic E-state index is 0.0337. The highest BCUT2D eigenvalue weighted by atomic mass is 16.5. The zero-order valence-electron chi connectivity index (χ0n) is 17.8. The molecule has 0 radical (unpaired) electrons. The summed E-state index contributed by atoms with van der Waals surface area (Å²) in [6.45, 7) is 0.376. The summed E-state index contributed by atoms with van der Waals surface area (Å²) >= 11 is 0. The van der Waals surface area contributed by atoms with Crippen LogP contribution in [0, 0.1) is 5.92 Å². The molecule has 33 heavy (non-hydrogen) atoms. The van der Waals surface area contributed by atoms with E-state index in [2.05, 4.69) is 4.98 Å². The maximum Gasteiger partial charge on any atom is 0.350 e. The van der Waals surface area contributed by atoms with Crippen molar-refractivity contribution in [3.05, 3.63) is 101 Å². The van der Waals surface area contributed by atoms with Crippen molar-refractivity contribution in [2.45, 2.75) is 13.0 Å². The van der Waals surface area contributed by atoms with Gasteiger partial charge in [0.05, 0.1) is 36.0 Å². The van der Waals surface area contributed by atoms with E-state index in [9.17, 15) is 14.4 Å². The molecule has 0 aliphatic heterocycles. The van der Waals surface area contributed by atoms with Crippen LogP contribution < -0.4 is 5.69 Å². The molecule has 2 heterocycles. The van der Waals surface area contributed by atoms with Crippen molar-refractivity contribution in [2.24, 2.45) is 5.92 Å². The monoisotopic (exact) mass is 446 g/mol. The number of esters is 2. The summed E-state index contributed by atoms with van der Waals surface area (Å²) in [7, 11) is 0.